The van der Waals surface area contributed by atoms with E-state index in [9.17, 15) is 0 Å². The maximum Gasteiger partial charge on any atom is 0.0847 e. The third kappa shape index (κ3) is 2.86. The maximum atomic E-state index is 6.38. The lowest BCUT2D eigenvalue weighted by molar-refractivity contribution is 0.498. The van der Waals surface area contributed by atoms with Crippen molar-refractivity contribution in [2.24, 2.45) is 0 Å². The van der Waals surface area contributed by atoms with E-state index >= 15 is 0 Å². The van der Waals surface area contributed by atoms with Gasteiger partial charge in [0, 0.05) is 24.3 Å². The molecule has 5 heteroatoms. The second-order valence-corrected chi connectivity index (χ2v) is 6.54. The average Bonchev–Trinajstić information content (AvgIpc) is 2.98. The van der Waals surface area contributed by atoms with E-state index in [2.05, 4.69) is 36.1 Å². The number of nitrogens with zero attached hydrogens (tertiary/aromatic N) is 2. The summed E-state index contributed by atoms with van der Waals surface area (Å²) in [5.41, 5.74) is 2.13. The Morgan fingerprint density at radius 3 is 2.94 bits per heavy atom. The molecule has 0 radical (unpaired) electrons. The van der Waals surface area contributed by atoms with Gasteiger partial charge in [0.15, 0.2) is 0 Å². The molecule has 0 aliphatic carbocycles. The molecule has 2 unspecified atom stereocenters. The van der Waals surface area contributed by atoms with Crippen LogP contribution in [-0.2, 0) is 13.0 Å². The van der Waals surface area contributed by atoms with Gasteiger partial charge in [-0.1, -0.05) is 11.6 Å². The first-order valence-electron chi connectivity index (χ1n) is 6.68. The van der Waals surface area contributed by atoms with Crippen LogP contribution in [0.1, 0.15) is 31.2 Å². The number of rotatable bonds is 5. The van der Waals surface area contributed by atoms with Crippen molar-refractivity contribution in [3.63, 3.8) is 0 Å². The molecule has 2 heterocycles. The molecule has 0 aromatic carbocycles. The number of aryl methyl sites for hydroxylation is 2. The minimum absolute atomic E-state index is 0.497. The first kappa shape index (κ1) is 14.2. The van der Waals surface area contributed by atoms with Crippen molar-refractivity contribution in [1.82, 2.24) is 15.1 Å². The molecule has 0 saturated carbocycles. The van der Waals surface area contributed by atoms with Crippen LogP contribution in [0.4, 0.5) is 0 Å². The highest BCUT2D eigenvalue weighted by molar-refractivity contribution is 8.00. The summed E-state index contributed by atoms with van der Waals surface area (Å²) < 4.78 is 2.04. The standard InChI is InChI=1S/C13H22ClN3S/c1-4-17-11(13(14)9(2)16-17)8-10(15-3)12-6-5-7-18-12/h10,12,15H,4-8H2,1-3H3. The van der Waals surface area contributed by atoms with E-state index in [1.54, 1.807) is 0 Å². The fraction of sp³-hybridized carbons (Fsp3) is 0.769. The highest BCUT2D eigenvalue weighted by atomic mass is 35.5. The minimum atomic E-state index is 0.497. The smallest absolute Gasteiger partial charge is 0.0847 e. The monoisotopic (exact) mass is 287 g/mol. The van der Waals surface area contributed by atoms with Crippen molar-refractivity contribution in [2.75, 3.05) is 12.8 Å². The highest BCUT2D eigenvalue weighted by Gasteiger charge is 2.27. The molecule has 0 spiro atoms. The number of halogens is 1. The summed E-state index contributed by atoms with van der Waals surface area (Å²) in [6, 6.07) is 0.497. The second-order valence-electron chi connectivity index (χ2n) is 4.81. The van der Waals surface area contributed by atoms with Crippen molar-refractivity contribution < 1.29 is 0 Å². The molecule has 1 aromatic rings. The van der Waals surface area contributed by atoms with Gasteiger partial charge in [-0.15, -0.1) is 0 Å². The van der Waals surface area contributed by atoms with Crippen molar-refractivity contribution in [3.05, 3.63) is 16.4 Å². The number of nitrogens with one attached hydrogen (secondary N) is 1. The summed E-state index contributed by atoms with van der Waals surface area (Å²) in [4.78, 5) is 0. The van der Waals surface area contributed by atoms with Gasteiger partial charge < -0.3 is 5.32 Å². The molecule has 1 aliphatic heterocycles. The SMILES string of the molecule is CCn1nc(C)c(Cl)c1CC(NC)C1CCCS1. The van der Waals surface area contributed by atoms with Gasteiger partial charge in [-0.2, -0.15) is 16.9 Å². The predicted molar refractivity (Wildman–Crippen MR) is 79.7 cm³/mol. The first-order valence-corrected chi connectivity index (χ1v) is 8.10. The fourth-order valence-corrected chi connectivity index (χ4v) is 4.26. The Balaban J connectivity index is 2.15. The van der Waals surface area contributed by atoms with Crippen LogP contribution < -0.4 is 5.32 Å². The summed E-state index contributed by atoms with van der Waals surface area (Å²) >= 11 is 8.47. The third-order valence-corrected chi connectivity index (χ3v) is 5.66. The van der Waals surface area contributed by atoms with E-state index in [1.807, 2.05) is 11.6 Å². The predicted octanol–water partition coefficient (Wildman–Crippen LogP) is 2.89. The topological polar surface area (TPSA) is 29.9 Å². The fourth-order valence-electron chi connectivity index (χ4n) is 2.61. The van der Waals surface area contributed by atoms with Gasteiger partial charge in [-0.3, -0.25) is 4.68 Å². The summed E-state index contributed by atoms with van der Waals surface area (Å²) in [5, 5.41) is 9.51. The van der Waals surface area contributed by atoms with E-state index in [0.29, 0.717) is 11.3 Å². The van der Waals surface area contributed by atoms with Crippen LogP contribution in [0.15, 0.2) is 0 Å². The summed E-state index contributed by atoms with van der Waals surface area (Å²) in [6.45, 7) is 4.98. The molecule has 2 atom stereocenters. The number of aromatic nitrogens is 2. The normalized spacial score (nSPS) is 21.4. The molecular formula is C13H22ClN3S. The van der Waals surface area contributed by atoms with Crippen LogP contribution >= 0.6 is 23.4 Å². The van der Waals surface area contributed by atoms with Crippen LogP contribution in [0.5, 0.6) is 0 Å². The summed E-state index contributed by atoms with van der Waals surface area (Å²) in [6.07, 6.45) is 3.63. The number of hydrogen-bond acceptors (Lipinski definition) is 3. The van der Waals surface area contributed by atoms with E-state index in [4.69, 9.17) is 11.6 Å². The third-order valence-electron chi connectivity index (χ3n) is 3.65. The molecule has 0 amide bonds. The van der Waals surface area contributed by atoms with E-state index in [0.717, 1.165) is 23.7 Å². The van der Waals surface area contributed by atoms with Crippen LogP contribution in [0.25, 0.3) is 0 Å². The van der Waals surface area contributed by atoms with Gasteiger partial charge in [0.1, 0.15) is 0 Å². The van der Waals surface area contributed by atoms with Crippen LogP contribution in [0, 0.1) is 6.92 Å². The molecule has 2 rings (SSSR count). The van der Waals surface area contributed by atoms with Crippen LogP contribution in [0.3, 0.4) is 0 Å². The Morgan fingerprint density at radius 1 is 1.61 bits per heavy atom. The molecule has 1 saturated heterocycles. The molecule has 102 valence electrons. The lowest BCUT2D eigenvalue weighted by Crippen LogP contribution is -2.37. The minimum Gasteiger partial charge on any atom is -0.316 e. The first-order chi connectivity index (χ1) is 8.67. The Bertz CT molecular complexity index is 399. The summed E-state index contributed by atoms with van der Waals surface area (Å²) in [5.74, 6) is 1.29. The average molecular weight is 288 g/mol. The van der Waals surface area contributed by atoms with Gasteiger partial charge in [0.2, 0.25) is 0 Å². The van der Waals surface area contributed by atoms with Gasteiger partial charge in [-0.05, 0) is 39.5 Å². The van der Waals surface area contributed by atoms with E-state index < -0.39 is 0 Å². The van der Waals surface area contributed by atoms with Gasteiger partial charge in [0.25, 0.3) is 0 Å². The van der Waals surface area contributed by atoms with Crippen LogP contribution in [-0.4, -0.2) is 33.9 Å². The van der Waals surface area contributed by atoms with Gasteiger partial charge >= 0.3 is 0 Å². The maximum absolute atomic E-state index is 6.38. The number of thioether (sulfide) groups is 1. The molecule has 1 aromatic heterocycles. The van der Waals surface area contributed by atoms with Crippen LogP contribution in [0.2, 0.25) is 5.02 Å². The zero-order chi connectivity index (χ0) is 13.1. The Kier molecular flexibility index (Phi) is 4.98. The van der Waals surface area contributed by atoms with Gasteiger partial charge in [0.05, 0.1) is 16.4 Å². The van der Waals surface area contributed by atoms with Crippen molar-refractivity contribution in [3.8, 4) is 0 Å². The molecule has 0 bridgehead atoms. The van der Waals surface area contributed by atoms with Crippen molar-refractivity contribution in [2.45, 2.75) is 50.9 Å². The molecule has 1 N–H and O–H groups in total. The Labute approximate surface area is 119 Å². The van der Waals surface area contributed by atoms with Gasteiger partial charge in [-0.25, -0.2) is 0 Å². The molecule has 1 fully saturated rings. The largest absolute Gasteiger partial charge is 0.316 e. The lowest BCUT2D eigenvalue weighted by atomic mass is 10.0. The number of hydrogen-bond donors (Lipinski definition) is 1. The van der Waals surface area contributed by atoms with Crippen molar-refractivity contribution >= 4 is 23.4 Å². The Morgan fingerprint density at radius 2 is 2.39 bits per heavy atom. The zero-order valence-electron chi connectivity index (χ0n) is 11.4. The quantitative estimate of drug-likeness (QED) is 0.903. The number of likely N-dealkylation sites (N-methyl/N-ethyl adjacent to an activating group) is 1. The summed E-state index contributed by atoms with van der Waals surface area (Å²) in [7, 11) is 2.05. The molecule has 3 nitrogen and oxygen atoms in total. The highest BCUT2D eigenvalue weighted by Crippen LogP contribution is 2.31. The molecule has 18 heavy (non-hydrogen) atoms. The molecular weight excluding hydrogens is 266 g/mol. The van der Waals surface area contributed by atoms with E-state index in [-0.39, 0.29) is 0 Å². The second kappa shape index (κ2) is 6.31. The van der Waals surface area contributed by atoms with E-state index in [1.165, 1.54) is 24.3 Å². The van der Waals surface area contributed by atoms with Crippen molar-refractivity contribution in [1.29, 1.82) is 0 Å². The Hall–Kier alpha value is -0.190. The molecule has 1 aliphatic rings. The zero-order valence-corrected chi connectivity index (χ0v) is 12.9. The lowest BCUT2D eigenvalue weighted by Gasteiger charge is -2.22.